The monoisotopic (exact) mass is 153 g/mol. The van der Waals surface area contributed by atoms with E-state index >= 15 is 0 Å². The lowest BCUT2D eigenvalue weighted by atomic mass is 10.2. The van der Waals surface area contributed by atoms with Gasteiger partial charge in [-0.2, -0.15) is 0 Å². The molecule has 1 atom stereocenters. The molecule has 0 aromatic carbocycles. The molecule has 0 bridgehead atoms. The van der Waals surface area contributed by atoms with E-state index in [1.807, 2.05) is 0 Å². The van der Waals surface area contributed by atoms with Gasteiger partial charge in [0.15, 0.2) is 0 Å². The number of aromatic amines is 1. The molecule has 0 saturated carbocycles. The van der Waals surface area contributed by atoms with Crippen molar-refractivity contribution in [1.29, 1.82) is 0 Å². The van der Waals surface area contributed by atoms with Gasteiger partial charge in [0.1, 0.15) is 5.82 Å². The Kier molecular flexibility index (Phi) is 2.74. The third-order valence-corrected chi connectivity index (χ3v) is 1.41. The summed E-state index contributed by atoms with van der Waals surface area (Å²) in [6, 6.07) is 0.0279. The van der Waals surface area contributed by atoms with E-state index in [0.717, 1.165) is 18.7 Å². The summed E-state index contributed by atoms with van der Waals surface area (Å²) in [7, 11) is 0. The third kappa shape index (κ3) is 2.46. The first-order valence-corrected chi connectivity index (χ1v) is 3.43. The van der Waals surface area contributed by atoms with Gasteiger partial charge in [0, 0.05) is 12.5 Å². The van der Waals surface area contributed by atoms with Crippen molar-refractivity contribution in [2.75, 3.05) is 0 Å². The molecule has 5 heteroatoms. The summed E-state index contributed by atoms with van der Waals surface area (Å²) in [5.41, 5.74) is 5.59. The van der Waals surface area contributed by atoms with Gasteiger partial charge < -0.3 is 5.73 Å². The average Bonchev–Trinajstić information content (AvgIpc) is 2.52. The maximum Gasteiger partial charge on any atom is 0.148 e. The minimum Gasteiger partial charge on any atom is -0.324 e. The number of hydrogen-bond acceptors (Lipinski definition) is 4. The van der Waals surface area contributed by atoms with E-state index < -0.39 is 0 Å². The van der Waals surface area contributed by atoms with Gasteiger partial charge in [-0.1, -0.05) is 6.08 Å². The molecule has 1 heterocycles. The van der Waals surface area contributed by atoms with E-state index in [-0.39, 0.29) is 6.04 Å². The summed E-state index contributed by atoms with van der Waals surface area (Å²) in [5.74, 6) is 0.766. The number of tetrazole rings is 1. The van der Waals surface area contributed by atoms with E-state index in [2.05, 4.69) is 27.2 Å². The lowest BCUT2D eigenvalue weighted by molar-refractivity contribution is 0.696. The molecule has 0 aliphatic carbocycles. The Hall–Kier alpha value is -1.23. The van der Waals surface area contributed by atoms with Crippen LogP contribution < -0.4 is 5.73 Å². The minimum absolute atomic E-state index is 0.0279. The van der Waals surface area contributed by atoms with E-state index in [0.29, 0.717) is 0 Å². The van der Waals surface area contributed by atoms with Crippen molar-refractivity contribution in [2.45, 2.75) is 18.9 Å². The number of aryl methyl sites for hydroxylation is 1. The number of nitrogens with one attached hydrogen (secondary N) is 1. The molecule has 3 N–H and O–H groups in total. The molecule has 0 radical (unpaired) electrons. The molecule has 0 spiro atoms. The Labute approximate surface area is 64.7 Å². The number of nitrogens with zero attached hydrogens (tertiary/aromatic N) is 3. The van der Waals surface area contributed by atoms with Crippen LogP contribution in [0.1, 0.15) is 12.2 Å². The van der Waals surface area contributed by atoms with Crippen LogP contribution in [0.25, 0.3) is 0 Å². The quantitative estimate of drug-likeness (QED) is 0.579. The molecule has 1 aromatic heterocycles. The van der Waals surface area contributed by atoms with Gasteiger partial charge in [-0.05, 0) is 16.8 Å². The molecular weight excluding hydrogens is 142 g/mol. The standard InChI is InChI=1S/C6H11N5/c1-2-5(7)3-4-6-8-10-11-9-6/h2,5H,1,3-4,7H2,(H,8,9,10,11). The second-order valence-electron chi connectivity index (χ2n) is 2.29. The Morgan fingerprint density at radius 1 is 1.73 bits per heavy atom. The minimum atomic E-state index is 0.0279. The van der Waals surface area contributed by atoms with Gasteiger partial charge in [-0.3, -0.25) is 0 Å². The van der Waals surface area contributed by atoms with Gasteiger partial charge in [0.2, 0.25) is 0 Å². The molecule has 0 amide bonds. The molecule has 11 heavy (non-hydrogen) atoms. The van der Waals surface area contributed by atoms with Crippen molar-refractivity contribution in [3.05, 3.63) is 18.5 Å². The summed E-state index contributed by atoms with van der Waals surface area (Å²) in [6.45, 7) is 3.57. The fraction of sp³-hybridized carbons (Fsp3) is 0.500. The first-order chi connectivity index (χ1) is 5.33. The zero-order valence-corrected chi connectivity index (χ0v) is 6.20. The van der Waals surface area contributed by atoms with Crippen LogP contribution in [0.2, 0.25) is 0 Å². The fourth-order valence-corrected chi connectivity index (χ4v) is 0.706. The van der Waals surface area contributed by atoms with Crippen molar-refractivity contribution in [3.8, 4) is 0 Å². The Morgan fingerprint density at radius 2 is 2.55 bits per heavy atom. The van der Waals surface area contributed by atoms with E-state index in [9.17, 15) is 0 Å². The number of aromatic nitrogens is 4. The molecule has 0 fully saturated rings. The average molecular weight is 153 g/mol. The summed E-state index contributed by atoms with van der Waals surface area (Å²) < 4.78 is 0. The molecule has 1 aromatic rings. The van der Waals surface area contributed by atoms with Crippen molar-refractivity contribution < 1.29 is 0 Å². The molecule has 0 saturated heterocycles. The molecule has 0 aliphatic rings. The maximum absolute atomic E-state index is 5.59. The summed E-state index contributed by atoms with van der Waals surface area (Å²) in [6.07, 6.45) is 3.30. The van der Waals surface area contributed by atoms with Gasteiger partial charge in [0.25, 0.3) is 0 Å². The Bertz CT molecular complexity index is 205. The summed E-state index contributed by atoms with van der Waals surface area (Å²) in [4.78, 5) is 0. The topological polar surface area (TPSA) is 80.5 Å². The third-order valence-electron chi connectivity index (χ3n) is 1.41. The largest absolute Gasteiger partial charge is 0.324 e. The molecule has 0 aliphatic heterocycles. The SMILES string of the molecule is C=CC(N)CCc1nnn[nH]1. The predicted molar refractivity (Wildman–Crippen MR) is 40.7 cm³/mol. The van der Waals surface area contributed by atoms with Gasteiger partial charge >= 0.3 is 0 Å². The first kappa shape index (κ1) is 7.87. The molecule has 5 nitrogen and oxygen atoms in total. The smallest absolute Gasteiger partial charge is 0.148 e. The van der Waals surface area contributed by atoms with Crippen LogP contribution in [0.4, 0.5) is 0 Å². The van der Waals surface area contributed by atoms with E-state index in [1.165, 1.54) is 0 Å². The second kappa shape index (κ2) is 3.82. The van der Waals surface area contributed by atoms with E-state index in [1.54, 1.807) is 6.08 Å². The van der Waals surface area contributed by atoms with Crippen LogP contribution in [0.3, 0.4) is 0 Å². The second-order valence-corrected chi connectivity index (χ2v) is 2.29. The molecule has 60 valence electrons. The number of rotatable bonds is 4. The molecular formula is C6H11N5. The van der Waals surface area contributed by atoms with Crippen molar-refractivity contribution >= 4 is 0 Å². The molecule has 1 unspecified atom stereocenters. The highest BCUT2D eigenvalue weighted by atomic mass is 15.5. The highest BCUT2D eigenvalue weighted by Gasteiger charge is 2.00. The lowest BCUT2D eigenvalue weighted by Gasteiger charge is -2.01. The first-order valence-electron chi connectivity index (χ1n) is 3.43. The highest BCUT2D eigenvalue weighted by Crippen LogP contribution is 1.95. The summed E-state index contributed by atoms with van der Waals surface area (Å²) >= 11 is 0. The van der Waals surface area contributed by atoms with Gasteiger partial charge in [0.05, 0.1) is 0 Å². The lowest BCUT2D eigenvalue weighted by Crippen LogP contribution is -2.17. The van der Waals surface area contributed by atoms with Gasteiger partial charge in [-0.25, -0.2) is 5.10 Å². The number of hydrogen-bond donors (Lipinski definition) is 2. The van der Waals surface area contributed by atoms with Crippen molar-refractivity contribution in [1.82, 2.24) is 20.6 Å². The number of H-pyrrole nitrogens is 1. The predicted octanol–water partition coefficient (Wildman–Crippen LogP) is -0.354. The fourth-order valence-electron chi connectivity index (χ4n) is 0.706. The zero-order valence-electron chi connectivity index (χ0n) is 6.20. The van der Waals surface area contributed by atoms with E-state index in [4.69, 9.17) is 5.73 Å². The van der Waals surface area contributed by atoms with Crippen LogP contribution in [0, 0.1) is 0 Å². The van der Waals surface area contributed by atoms with Crippen LogP contribution in [-0.2, 0) is 6.42 Å². The number of nitrogens with two attached hydrogens (primary N) is 1. The zero-order chi connectivity index (χ0) is 8.10. The van der Waals surface area contributed by atoms with Crippen LogP contribution >= 0.6 is 0 Å². The van der Waals surface area contributed by atoms with Crippen LogP contribution in [-0.4, -0.2) is 26.7 Å². The molecule has 1 rings (SSSR count). The maximum atomic E-state index is 5.59. The Morgan fingerprint density at radius 3 is 3.09 bits per heavy atom. The normalized spacial score (nSPS) is 12.8. The van der Waals surface area contributed by atoms with Crippen molar-refractivity contribution in [3.63, 3.8) is 0 Å². The highest BCUT2D eigenvalue weighted by molar-refractivity contribution is 4.86. The Balaban J connectivity index is 2.28. The van der Waals surface area contributed by atoms with Gasteiger partial charge in [-0.15, -0.1) is 11.7 Å². The van der Waals surface area contributed by atoms with Crippen LogP contribution in [0.5, 0.6) is 0 Å². The van der Waals surface area contributed by atoms with Crippen LogP contribution in [0.15, 0.2) is 12.7 Å². The summed E-state index contributed by atoms with van der Waals surface area (Å²) in [5, 5.41) is 13.2. The van der Waals surface area contributed by atoms with Crippen molar-refractivity contribution in [2.24, 2.45) is 5.73 Å².